The number of nitrogens with two attached hydrogens (primary N) is 2. The molecular weight excluding hydrogens is 264 g/mol. The number of benzene rings is 1. The van der Waals surface area contributed by atoms with Crippen LogP contribution < -0.4 is 16.2 Å². The van der Waals surface area contributed by atoms with Crippen molar-refractivity contribution in [3.63, 3.8) is 0 Å². The van der Waals surface area contributed by atoms with Gasteiger partial charge >= 0.3 is 0 Å². The van der Waals surface area contributed by atoms with Gasteiger partial charge in [0.25, 0.3) is 0 Å². The summed E-state index contributed by atoms with van der Waals surface area (Å²) in [4.78, 5) is 2.41. The molecule has 2 rings (SSSR count). The molecule has 5 N–H and O–H groups in total. The van der Waals surface area contributed by atoms with Crippen molar-refractivity contribution in [2.75, 3.05) is 37.2 Å². The molecule has 1 aromatic rings. The highest BCUT2D eigenvalue weighted by Crippen LogP contribution is 2.19. The Labute approximate surface area is 113 Å². The summed E-state index contributed by atoms with van der Waals surface area (Å²) in [5.74, 6) is 0. The van der Waals surface area contributed by atoms with E-state index in [-0.39, 0.29) is 4.90 Å². The number of nitrogens with one attached hydrogen (secondary N) is 1. The van der Waals surface area contributed by atoms with Crippen LogP contribution in [-0.4, -0.2) is 39.5 Å². The second kappa shape index (κ2) is 5.77. The lowest BCUT2D eigenvalue weighted by molar-refractivity contribution is 0.352. The van der Waals surface area contributed by atoms with E-state index in [1.54, 1.807) is 6.07 Å². The number of likely N-dealkylation sites (tertiary alicyclic amines) is 1. The molecule has 1 saturated heterocycles. The molecule has 0 amide bonds. The van der Waals surface area contributed by atoms with Gasteiger partial charge in [-0.25, -0.2) is 13.6 Å². The molecule has 1 aromatic carbocycles. The van der Waals surface area contributed by atoms with Gasteiger partial charge in [0.05, 0.1) is 4.90 Å². The molecule has 0 spiro atoms. The zero-order valence-electron chi connectivity index (χ0n) is 10.8. The standard InChI is InChI=1S/C12H20N4O2S/c13-10-7-11(9-12(8-10)19(14,17)18)15-3-6-16-4-1-2-5-16/h7-9,15H,1-6,13H2,(H2,14,17,18). The maximum absolute atomic E-state index is 11.3. The molecule has 0 atom stereocenters. The van der Waals surface area contributed by atoms with E-state index in [9.17, 15) is 8.42 Å². The van der Waals surface area contributed by atoms with E-state index in [0.717, 1.165) is 26.2 Å². The molecule has 6 nitrogen and oxygen atoms in total. The summed E-state index contributed by atoms with van der Waals surface area (Å²) < 4.78 is 22.6. The summed E-state index contributed by atoms with van der Waals surface area (Å²) in [6.07, 6.45) is 2.52. The second-order valence-corrected chi connectivity index (χ2v) is 6.37. The Balaban J connectivity index is 1.98. The third kappa shape index (κ3) is 4.09. The maximum atomic E-state index is 11.3. The highest BCUT2D eigenvalue weighted by atomic mass is 32.2. The highest BCUT2D eigenvalue weighted by molar-refractivity contribution is 7.89. The number of anilines is 2. The van der Waals surface area contributed by atoms with E-state index in [1.807, 2.05) is 0 Å². The van der Waals surface area contributed by atoms with Crippen molar-refractivity contribution >= 4 is 21.4 Å². The van der Waals surface area contributed by atoms with Gasteiger partial charge in [0.2, 0.25) is 10.0 Å². The lowest BCUT2D eigenvalue weighted by Crippen LogP contribution is -2.26. The fraction of sp³-hybridized carbons (Fsp3) is 0.500. The number of nitrogens with zero attached hydrogens (tertiary/aromatic N) is 1. The molecule has 1 fully saturated rings. The van der Waals surface area contributed by atoms with Crippen LogP contribution in [0.2, 0.25) is 0 Å². The fourth-order valence-corrected chi connectivity index (χ4v) is 2.84. The van der Waals surface area contributed by atoms with Gasteiger partial charge in [-0.1, -0.05) is 0 Å². The molecule has 19 heavy (non-hydrogen) atoms. The van der Waals surface area contributed by atoms with E-state index < -0.39 is 10.0 Å². The molecule has 1 heterocycles. The van der Waals surface area contributed by atoms with Gasteiger partial charge in [0, 0.05) is 24.5 Å². The van der Waals surface area contributed by atoms with E-state index in [0.29, 0.717) is 11.4 Å². The quantitative estimate of drug-likeness (QED) is 0.680. The average Bonchev–Trinajstić information content (AvgIpc) is 2.80. The summed E-state index contributed by atoms with van der Waals surface area (Å²) in [6, 6.07) is 4.58. The van der Waals surface area contributed by atoms with E-state index in [4.69, 9.17) is 10.9 Å². The van der Waals surface area contributed by atoms with Gasteiger partial charge in [0.15, 0.2) is 0 Å². The normalized spacial score (nSPS) is 16.7. The second-order valence-electron chi connectivity index (χ2n) is 4.81. The van der Waals surface area contributed by atoms with Crippen LogP contribution in [0, 0.1) is 0 Å². The highest BCUT2D eigenvalue weighted by Gasteiger charge is 2.12. The summed E-state index contributed by atoms with van der Waals surface area (Å²) in [5.41, 5.74) is 6.75. The molecule has 0 radical (unpaired) electrons. The lowest BCUT2D eigenvalue weighted by Gasteiger charge is -2.15. The van der Waals surface area contributed by atoms with Crippen LogP contribution in [0.1, 0.15) is 12.8 Å². The smallest absolute Gasteiger partial charge is 0.238 e. The predicted molar refractivity (Wildman–Crippen MR) is 76.4 cm³/mol. The Morgan fingerprint density at radius 1 is 1.21 bits per heavy atom. The van der Waals surface area contributed by atoms with Crippen molar-refractivity contribution in [3.8, 4) is 0 Å². The monoisotopic (exact) mass is 284 g/mol. The summed E-state index contributed by atoms with van der Waals surface area (Å²) in [6.45, 7) is 3.98. The van der Waals surface area contributed by atoms with Crippen LogP contribution in [0.15, 0.2) is 23.1 Å². The van der Waals surface area contributed by atoms with Crippen molar-refractivity contribution in [3.05, 3.63) is 18.2 Å². The third-order valence-corrected chi connectivity index (χ3v) is 4.11. The Hall–Kier alpha value is -1.31. The molecule has 0 saturated carbocycles. The number of nitrogen functional groups attached to an aromatic ring is 1. The Morgan fingerprint density at radius 3 is 2.53 bits per heavy atom. The van der Waals surface area contributed by atoms with E-state index in [2.05, 4.69) is 10.2 Å². The Morgan fingerprint density at radius 2 is 1.89 bits per heavy atom. The molecule has 0 aromatic heterocycles. The van der Waals surface area contributed by atoms with Gasteiger partial charge in [-0.05, 0) is 44.1 Å². The topological polar surface area (TPSA) is 101 Å². The number of primary sulfonamides is 1. The first-order valence-corrected chi connectivity index (χ1v) is 7.89. The van der Waals surface area contributed by atoms with Gasteiger partial charge in [-0.3, -0.25) is 0 Å². The van der Waals surface area contributed by atoms with Crippen LogP contribution in [-0.2, 0) is 10.0 Å². The molecule has 0 bridgehead atoms. The first kappa shape index (κ1) is 14.1. The van der Waals surface area contributed by atoms with Gasteiger partial charge in [-0.2, -0.15) is 0 Å². The van der Waals surface area contributed by atoms with Gasteiger partial charge < -0.3 is 16.0 Å². The van der Waals surface area contributed by atoms with Crippen LogP contribution in [0.5, 0.6) is 0 Å². The molecule has 106 valence electrons. The minimum atomic E-state index is -3.72. The van der Waals surface area contributed by atoms with Crippen LogP contribution in [0.3, 0.4) is 0 Å². The lowest BCUT2D eigenvalue weighted by atomic mass is 10.3. The van der Waals surface area contributed by atoms with Crippen molar-refractivity contribution in [2.24, 2.45) is 5.14 Å². The molecule has 0 aliphatic carbocycles. The zero-order valence-corrected chi connectivity index (χ0v) is 11.6. The number of sulfonamides is 1. The first-order valence-electron chi connectivity index (χ1n) is 6.35. The maximum Gasteiger partial charge on any atom is 0.238 e. The predicted octanol–water partition coefficient (Wildman–Crippen LogP) is 0.424. The molecule has 7 heteroatoms. The number of rotatable bonds is 5. The van der Waals surface area contributed by atoms with Crippen molar-refractivity contribution in [1.82, 2.24) is 4.90 Å². The molecule has 0 unspecified atom stereocenters. The van der Waals surface area contributed by atoms with Crippen molar-refractivity contribution in [2.45, 2.75) is 17.7 Å². The fourth-order valence-electron chi connectivity index (χ4n) is 2.25. The number of hydrogen-bond donors (Lipinski definition) is 3. The minimum absolute atomic E-state index is 0.0381. The van der Waals surface area contributed by atoms with Crippen molar-refractivity contribution < 1.29 is 8.42 Å². The summed E-state index contributed by atoms with van der Waals surface area (Å²) >= 11 is 0. The summed E-state index contributed by atoms with van der Waals surface area (Å²) in [5, 5.41) is 8.29. The number of hydrogen-bond acceptors (Lipinski definition) is 5. The van der Waals surface area contributed by atoms with Crippen LogP contribution >= 0.6 is 0 Å². The van der Waals surface area contributed by atoms with Crippen molar-refractivity contribution in [1.29, 1.82) is 0 Å². The largest absolute Gasteiger partial charge is 0.399 e. The SMILES string of the molecule is Nc1cc(NCCN2CCCC2)cc(S(N)(=O)=O)c1. The van der Waals surface area contributed by atoms with Gasteiger partial charge in [0.1, 0.15) is 0 Å². The molecule has 1 aliphatic heterocycles. The minimum Gasteiger partial charge on any atom is -0.399 e. The van der Waals surface area contributed by atoms with E-state index in [1.165, 1.54) is 25.0 Å². The summed E-state index contributed by atoms with van der Waals surface area (Å²) in [7, 11) is -3.72. The molecule has 1 aliphatic rings. The molecular formula is C12H20N4O2S. The average molecular weight is 284 g/mol. The van der Waals surface area contributed by atoms with Gasteiger partial charge in [-0.15, -0.1) is 0 Å². The van der Waals surface area contributed by atoms with Crippen LogP contribution in [0.4, 0.5) is 11.4 Å². The Kier molecular flexibility index (Phi) is 4.28. The Bertz CT molecular complexity index is 539. The zero-order chi connectivity index (χ0) is 13.9. The third-order valence-electron chi connectivity index (χ3n) is 3.21. The first-order chi connectivity index (χ1) is 8.95. The van der Waals surface area contributed by atoms with Crippen LogP contribution in [0.25, 0.3) is 0 Å². The van der Waals surface area contributed by atoms with E-state index >= 15 is 0 Å².